The highest BCUT2D eigenvalue weighted by Gasteiger charge is 2.55. The SMILES string of the molecule is CC1(C)C[C@@H]2CN(C(=O)C3(c4ccccc4)CC3)CC[C@@H]2N1c1cccc(F)c1. The third-order valence-electron chi connectivity index (χ3n) is 7.30. The third-order valence-corrected chi connectivity index (χ3v) is 7.30. The van der Waals surface area contributed by atoms with Crippen molar-refractivity contribution < 1.29 is 9.18 Å². The molecule has 3 fully saturated rings. The van der Waals surface area contributed by atoms with E-state index in [4.69, 9.17) is 0 Å². The van der Waals surface area contributed by atoms with E-state index >= 15 is 0 Å². The minimum atomic E-state index is -0.287. The standard InChI is InChI=1S/C25H29FN2O/c1-24(2)16-18-17-27(23(29)25(12-13-25)19-7-4-3-5-8-19)14-11-22(18)28(24)21-10-6-9-20(26)15-21/h3-10,15,18,22H,11-14,16-17H2,1-2H3/t18-,22+/m1/s1. The van der Waals surface area contributed by atoms with E-state index in [-0.39, 0.29) is 16.8 Å². The molecule has 3 nitrogen and oxygen atoms in total. The number of piperidine rings is 1. The maximum absolute atomic E-state index is 13.9. The summed E-state index contributed by atoms with van der Waals surface area (Å²) >= 11 is 0. The Morgan fingerprint density at radius 2 is 1.83 bits per heavy atom. The molecule has 2 heterocycles. The Hall–Kier alpha value is -2.36. The highest BCUT2D eigenvalue weighted by atomic mass is 19.1. The third kappa shape index (κ3) is 3.04. The van der Waals surface area contributed by atoms with Crippen LogP contribution < -0.4 is 4.90 Å². The Morgan fingerprint density at radius 1 is 1.07 bits per heavy atom. The molecule has 5 rings (SSSR count). The van der Waals surface area contributed by atoms with Gasteiger partial charge in [0.15, 0.2) is 0 Å². The molecule has 1 aliphatic carbocycles. The molecule has 0 N–H and O–H groups in total. The van der Waals surface area contributed by atoms with Crippen LogP contribution >= 0.6 is 0 Å². The van der Waals surface area contributed by atoms with Gasteiger partial charge in [0, 0.05) is 30.4 Å². The molecule has 29 heavy (non-hydrogen) atoms. The molecule has 2 aliphatic heterocycles. The normalized spacial score (nSPS) is 26.9. The van der Waals surface area contributed by atoms with Gasteiger partial charge in [0.25, 0.3) is 0 Å². The lowest BCUT2D eigenvalue weighted by molar-refractivity contribution is -0.135. The summed E-state index contributed by atoms with van der Waals surface area (Å²) in [6.07, 6.45) is 3.89. The van der Waals surface area contributed by atoms with Crippen molar-refractivity contribution in [2.45, 2.75) is 56.5 Å². The first-order valence-corrected chi connectivity index (χ1v) is 10.8. The first-order chi connectivity index (χ1) is 13.9. The smallest absolute Gasteiger partial charge is 0.233 e. The van der Waals surface area contributed by atoms with Crippen LogP contribution in [0.3, 0.4) is 0 Å². The van der Waals surface area contributed by atoms with Gasteiger partial charge in [-0.25, -0.2) is 4.39 Å². The molecule has 0 aromatic heterocycles. The van der Waals surface area contributed by atoms with Crippen molar-refractivity contribution in [1.82, 2.24) is 4.90 Å². The number of carbonyl (C=O) groups is 1. The highest BCUT2D eigenvalue weighted by Crippen LogP contribution is 2.51. The average molecular weight is 393 g/mol. The lowest BCUT2D eigenvalue weighted by Gasteiger charge is -2.42. The number of amides is 1. The molecule has 3 aliphatic rings. The molecular weight excluding hydrogens is 363 g/mol. The highest BCUT2D eigenvalue weighted by molar-refractivity contribution is 5.91. The van der Waals surface area contributed by atoms with E-state index in [0.717, 1.165) is 44.5 Å². The second kappa shape index (κ2) is 6.58. The summed E-state index contributed by atoms with van der Waals surface area (Å²) in [6, 6.07) is 17.6. The molecule has 0 unspecified atom stereocenters. The van der Waals surface area contributed by atoms with Crippen LogP contribution in [0.25, 0.3) is 0 Å². The van der Waals surface area contributed by atoms with Crippen LogP contribution in [0.1, 0.15) is 45.1 Å². The molecule has 2 saturated heterocycles. The van der Waals surface area contributed by atoms with Crippen molar-refractivity contribution in [3.05, 3.63) is 66.0 Å². The lowest BCUT2D eigenvalue weighted by Crippen LogP contribution is -2.52. The monoisotopic (exact) mass is 392 g/mol. The molecule has 0 spiro atoms. The first kappa shape index (κ1) is 18.7. The number of hydrogen-bond acceptors (Lipinski definition) is 2. The van der Waals surface area contributed by atoms with Crippen molar-refractivity contribution in [3.63, 3.8) is 0 Å². The molecular formula is C25H29FN2O. The number of carbonyl (C=O) groups excluding carboxylic acids is 1. The van der Waals surface area contributed by atoms with Gasteiger partial charge in [-0.15, -0.1) is 0 Å². The second-order valence-electron chi connectivity index (χ2n) is 9.68. The van der Waals surface area contributed by atoms with Gasteiger partial charge in [0.2, 0.25) is 5.91 Å². The van der Waals surface area contributed by atoms with Gasteiger partial charge in [-0.2, -0.15) is 0 Å². The van der Waals surface area contributed by atoms with Crippen LogP contribution in [-0.2, 0) is 10.2 Å². The summed E-state index contributed by atoms with van der Waals surface area (Å²) in [5.41, 5.74) is 1.80. The molecule has 2 aromatic rings. The Bertz CT molecular complexity index is 921. The van der Waals surface area contributed by atoms with Gasteiger partial charge in [0.1, 0.15) is 5.82 Å². The fourth-order valence-electron chi connectivity index (χ4n) is 5.91. The topological polar surface area (TPSA) is 23.6 Å². The van der Waals surface area contributed by atoms with E-state index in [1.54, 1.807) is 12.1 Å². The number of anilines is 1. The summed E-state index contributed by atoms with van der Waals surface area (Å²) in [7, 11) is 0. The van der Waals surface area contributed by atoms with Gasteiger partial charge >= 0.3 is 0 Å². The van der Waals surface area contributed by atoms with E-state index in [2.05, 4.69) is 35.8 Å². The maximum Gasteiger partial charge on any atom is 0.233 e. The molecule has 1 amide bonds. The molecule has 4 heteroatoms. The fraction of sp³-hybridized carbons (Fsp3) is 0.480. The van der Waals surface area contributed by atoms with Crippen LogP contribution in [-0.4, -0.2) is 35.5 Å². The Balaban J connectivity index is 1.37. The van der Waals surface area contributed by atoms with Gasteiger partial charge in [-0.3, -0.25) is 4.79 Å². The number of halogens is 1. The maximum atomic E-state index is 13.9. The van der Waals surface area contributed by atoms with Crippen LogP contribution in [0.2, 0.25) is 0 Å². The molecule has 2 aromatic carbocycles. The summed E-state index contributed by atoms with van der Waals surface area (Å²) in [4.78, 5) is 18.0. The number of nitrogens with zero attached hydrogens (tertiary/aromatic N) is 2. The first-order valence-electron chi connectivity index (χ1n) is 10.8. The van der Waals surface area contributed by atoms with Crippen molar-refractivity contribution in [1.29, 1.82) is 0 Å². The zero-order valence-electron chi connectivity index (χ0n) is 17.3. The molecule has 152 valence electrons. The zero-order valence-corrected chi connectivity index (χ0v) is 17.3. The van der Waals surface area contributed by atoms with Gasteiger partial charge in [-0.05, 0) is 69.2 Å². The Kier molecular flexibility index (Phi) is 4.23. The number of rotatable bonds is 3. The number of hydrogen-bond donors (Lipinski definition) is 0. The van der Waals surface area contributed by atoms with Crippen molar-refractivity contribution in [2.24, 2.45) is 5.92 Å². The number of benzene rings is 2. The number of likely N-dealkylation sites (tertiary alicyclic amines) is 1. The van der Waals surface area contributed by atoms with Crippen molar-refractivity contribution in [3.8, 4) is 0 Å². The summed E-state index contributed by atoms with van der Waals surface area (Å²) < 4.78 is 13.9. The van der Waals surface area contributed by atoms with E-state index in [1.165, 1.54) is 11.6 Å². The van der Waals surface area contributed by atoms with Crippen molar-refractivity contribution in [2.75, 3.05) is 18.0 Å². The summed E-state index contributed by atoms with van der Waals surface area (Å²) in [5, 5.41) is 0. The molecule has 1 saturated carbocycles. The minimum Gasteiger partial charge on any atom is -0.363 e. The van der Waals surface area contributed by atoms with E-state index in [9.17, 15) is 9.18 Å². The summed E-state index contributed by atoms with van der Waals surface area (Å²) in [6.45, 7) is 6.09. The summed E-state index contributed by atoms with van der Waals surface area (Å²) in [5.74, 6) is 0.551. The van der Waals surface area contributed by atoms with Gasteiger partial charge in [0.05, 0.1) is 5.41 Å². The van der Waals surface area contributed by atoms with Gasteiger partial charge < -0.3 is 9.80 Å². The molecule has 2 atom stereocenters. The van der Waals surface area contributed by atoms with E-state index < -0.39 is 0 Å². The quantitative estimate of drug-likeness (QED) is 0.752. The van der Waals surface area contributed by atoms with Crippen LogP contribution in [0.4, 0.5) is 10.1 Å². The minimum absolute atomic E-state index is 0.0428. The molecule has 0 radical (unpaired) electrons. The number of fused-ring (bicyclic) bond motifs is 1. The second-order valence-corrected chi connectivity index (χ2v) is 9.68. The van der Waals surface area contributed by atoms with Crippen LogP contribution in [0, 0.1) is 11.7 Å². The van der Waals surface area contributed by atoms with E-state index in [0.29, 0.717) is 17.9 Å². The van der Waals surface area contributed by atoms with Crippen LogP contribution in [0.5, 0.6) is 0 Å². The fourth-order valence-corrected chi connectivity index (χ4v) is 5.91. The van der Waals surface area contributed by atoms with Gasteiger partial charge in [-0.1, -0.05) is 36.4 Å². The van der Waals surface area contributed by atoms with Crippen molar-refractivity contribution >= 4 is 11.6 Å². The van der Waals surface area contributed by atoms with E-state index in [1.807, 2.05) is 24.3 Å². The predicted molar refractivity (Wildman–Crippen MR) is 113 cm³/mol. The largest absolute Gasteiger partial charge is 0.363 e. The predicted octanol–water partition coefficient (Wildman–Crippen LogP) is 4.76. The van der Waals surface area contributed by atoms with Crippen LogP contribution in [0.15, 0.2) is 54.6 Å². The average Bonchev–Trinajstić information content (AvgIpc) is 3.46. The Labute approximate surface area is 172 Å². The lowest BCUT2D eigenvalue weighted by atomic mass is 9.87. The molecule has 0 bridgehead atoms. The Morgan fingerprint density at radius 3 is 2.52 bits per heavy atom. The zero-order chi connectivity index (χ0) is 20.2.